The summed E-state index contributed by atoms with van der Waals surface area (Å²) in [6.45, 7) is 1.28. The van der Waals surface area contributed by atoms with Gasteiger partial charge in [0.1, 0.15) is 0 Å². The van der Waals surface area contributed by atoms with E-state index >= 15 is 0 Å². The molecule has 1 aromatic heterocycles. The fourth-order valence-corrected chi connectivity index (χ4v) is 3.49. The van der Waals surface area contributed by atoms with E-state index in [2.05, 4.69) is 20.2 Å². The van der Waals surface area contributed by atoms with Gasteiger partial charge >= 0.3 is 0 Å². The Morgan fingerprint density at radius 1 is 1.38 bits per heavy atom. The number of carbonyl (C=O) groups is 1. The first kappa shape index (κ1) is 15.5. The van der Waals surface area contributed by atoms with Gasteiger partial charge in [-0.15, -0.1) is 10.2 Å². The predicted molar refractivity (Wildman–Crippen MR) is 80.9 cm³/mol. The fourth-order valence-electron chi connectivity index (χ4n) is 1.31. The second kappa shape index (κ2) is 5.84. The Kier molecular flexibility index (Phi) is 4.30. The van der Waals surface area contributed by atoms with Crippen molar-refractivity contribution in [1.29, 1.82) is 0 Å². The monoisotopic (exact) mass is 347 g/mol. The van der Waals surface area contributed by atoms with Gasteiger partial charge in [-0.3, -0.25) is 9.52 Å². The maximum atomic E-state index is 12.1. The SMILES string of the molecule is CC(=O)Nc1nnc(S(=O)(=O)Nc2ccc(N)c(Cl)c2)s1. The molecule has 1 heterocycles. The summed E-state index contributed by atoms with van der Waals surface area (Å²) in [5.41, 5.74) is 6.12. The van der Waals surface area contributed by atoms with E-state index in [0.29, 0.717) is 5.69 Å². The van der Waals surface area contributed by atoms with Crippen LogP contribution in [0.25, 0.3) is 0 Å². The third kappa shape index (κ3) is 3.80. The number of nitrogen functional groups attached to an aromatic ring is 1. The molecule has 0 bridgehead atoms. The van der Waals surface area contributed by atoms with E-state index in [4.69, 9.17) is 17.3 Å². The first-order valence-electron chi connectivity index (χ1n) is 5.47. The number of anilines is 3. The van der Waals surface area contributed by atoms with Crippen molar-refractivity contribution in [3.63, 3.8) is 0 Å². The van der Waals surface area contributed by atoms with E-state index in [1.165, 1.54) is 25.1 Å². The molecule has 2 rings (SSSR count). The maximum Gasteiger partial charge on any atom is 0.291 e. The van der Waals surface area contributed by atoms with Gasteiger partial charge in [-0.25, -0.2) is 0 Å². The largest absolute Gasteiger partial charge is 0.398 e. The predicted octanol–water partition coefficient (Wildman–Crippen LogP) is 1.53. The van der Waals surface area contributed by atoms with Crippen LogP contribution in [0.4, 0.5) is 16.5 Å². The number of hydrogen-bond acceptors (Lipinski definition) is 7. The number of aromatic nitrogens is 2. The topological polar surface area (TPSA) is 127 Å². The van der Waals surface area contributed by atoms with Gasteiger partial charge in [0.25, 0.3) is 14.4 Å². The molecule has 4 N–H and O–H groups in total. The molecule has 0 atom stereocenters. The minimum Gasteiger partial charge on any atom is -0.398 e. The zero-order chi connectivity index (χ0) is 15.6. The minimum atomic E-state index is -3.91. The maximum absolute atomic E-state index is 12.1. The molecule has 0 unspecified atom stereocenters. The van der Waals surface area contributed by atoms with Crippen molar-refractivity contribution in [3.05, 3.63) is 23.2 Å². The first-order chi connectivity index (χ1) is 9.78. The Hall–Kier alpha value is -1.91. The molecule has 0 saturated carbocycles. The highest BCUT2D eigenvalue weighted by Gasteiger charge is 2.21. The summed E-state index contributed by atoms with van der Waals surface area (Å²) in [6, 6.07) is 4.32. The van der Waals surface area contributed by atoms with Gasteiger partial charge in [-0.1, -0.05) is 22.9 Å². The van der Waals surface area contributed by atoms with E-state index < -0.39 is 10.0 Å². The van der Waals surface area contributed by atoms with E-state index in [0.717, 1.165) is 11.3 Å². The molecule has 11 heteroatoms. The summed E-state index contributed by atoms with van der Waals surface area (Å²) in [5.74, 6) is -0.367. The Balaban J connectivity index is 2.23. The molecule has 0 saturated heterocycles. The molecule has 0 spiro atoms. The Bertz CT molecular complexity index is 790. The van der Waals surface area contributed by atoms with Gasteiger partial charge in [0.05, 0.1) is 16.4 Å². The Morgan fingerprint density at radius 2 is 2.10 bits per heavy atom. The molecule has 0 aliphatic heterocycles. The first-order valence-corrected chi connectivity index (χ1v) is 8.14. The highest BCUT2D eigenvalue weighted by Crippen LogP contribution is 2.26. The van der Waals surface area contributed by atoms with Gasteiger partial charge in [0.2, 0.25) is 11.0 Å². The number of carbonyl (C=O) groups excluding carboxylic acids is 1. The van der Waals surface area contributed by atoms with Crippen LogP contribution in [-0.2, 0) is 14.8 Å². The third-order valence-corrected chi connectivity index (χ3v) is 5.09. The molecule has 21 heavy (non-hydrogen) atoms. The molecular weight excluding hydrogens is 338 g/mol. The van der Waals surface area contributed by atoms with Gasteiger partial charge < -0.3 is 11.1 Å². The number of sulfonamides is 1. The van der Waals surface area contributed by atoms with Crippen LogP contribution in [0.2, 0.25) is 5.02 Å². The quantitative estimate of drug-likeness (QED) is 0.568. The highest BCUT2D eigenvalue weighted by atomic mass is 35.5. The van der Waals surface area contributed by atoms with Gasteiger partial charge in [0, 0.05) is 6.92 Å². The molecule has 1 aromatic carbocycles. The number of nitrogens with two attached hydrogens (primary N) is 1. The Labute approximate surface area is 129 Å². The van der Waals surface area contributed by atoms with E-state index in [9.17, 15) is 13.2 Å². The van der Waals surface area contributed by atoms with Crippen LogP contribution in [0.1, 0.15) is 6.92 Å². The van der Waals surface area contributed by atoms with Crippen LogP contribution in [0, 0.1) is 0 Å². The molecule has 1 amide bonds. The van der Waals surface area contributed by atoms with Crippen LogP contribution in [-0.4, -0.2) is 24.5 Å². The van der Waals surface area contributed by atoms with Crippen LogP contribution in [0.5, 0.6) is 0 Å². The second-order valence-electron chi connectivity index (χ2n) is 3.90. The molecule has 0 aliphatic rings. The normalized spacial score (nSPS) is 11.1. The smallest absolute Gasteiger partial charge is 0.291 e. The number of benzene rings is 1. The third-order valence-electron chi connectivity index (χ3n) is 2.17. The van der Waals surface area contributed by atoms with E-state index in [-0.39, 0.29) is 26.1 Å². The van der Waals surface area contributed by atoms with Crippen molar-refractivity contribution in [2.24, 2.45) is 0 Å². The average Bonchev–Trinajstić information content (AvgIpc) is 2.82. The molecule has 8 nitrogen and oxygen atoms in total. The van der Waals surface area contributed by atoms with Crippen molar-refractivity contribution in [3.8, 4) is 0 Å². The van der Waals surface area contributed by atoms with Crippen molar-refractivity contribution in [2.75, 3.05) is 15.8 Å². The van der Waals surface area contributed by atoms with E-state index in [1.807, 2.05) is 0 Å². The summed E-state index contributed by atoms with van der Waals surface area (Å²) in [6.07, 6.45) is 0. The molecule has 2 aromatic rings. The molecule has 0 fully saturated rings. The molecular formula is C10H10ClN5O3S2. The van der Waals surface area contributed by atoms with Gasteiger partial charge in [0.15, 0.2) is 0 Å². The fraction of sp³-hybridized carbons (Fsp3) is 0.100. The Morgan fingerprint density at radius 3 is 2.71 bits per heavy atom. The lowest BCUT2D eigenvalue weighted by Crippen LogP contribution is -2.12. The number of amides is 1. The molecule has 0 radical (unpaired) electrons. The zero-order valence-corrected chi connectivity index (χ0v) is 13.0. The second-order valence-corrected chi connectivity index (χ2v) is 7.14. The van der Waals surface area contributed by atoms with E-state index in [1.54, 1.807) is 0 Å². The van der Waals surface area contributed by atoms with Crippen LogP contribution < -0.4 is 15.8 Å². The van der Waals surface area contributed by atoms with Crippen molar-refractivity contribution >= 4 is 55.4 Å². The number of hydrogen-bond donors (Lipinski definition) is 3. The molecule has 112 valence electrons. The number of nitrogens with zero attached hydrogens (tertiary/aromatic N) is 2. The lowest BCUT2D eigenvalue weighted by molar-refractivity contribution is -0.114. The van der Waals surface area contributed by atoms with Crippen LogP contribution >= 0.6 is 22.9 Å². The van der Waals surface area contributed by atoms with Crippen LogP contribution in [0.15, 0.2) is 22.5 Å². The van der Waals surface area contributed by atoms with Crippen molar-refractivity contribution in [1.82, 2.24) is 10.2 Å². The summed E-state index contributed by atoms with van der Waals surface area (Å²) < 4.78 is 26.2. The van der Waals surface area contributed by atoms with Gasteiger partial charge in [-0.2, -0.15) is 8.42 Å². The lowest BCUT2D eigenvalue weighted by atomic mass is 10.3. The summed E-state index contributed by atoms with van der Waals surface area (Å²) in [7, 11) is -3.91. The summed E-state index contributed by atoms with van der Waals surface area (Å²) in [4.78, 5) is 10.9. The average molecular weight is 348 g/mol. The number of halogens is 1. The summed E-state index contributed by atoms with van der Waals surface area (Å²) in [5, 5.41) is 9.77. The zero-order valence-electron chi connectivity index (χ0n) is 10.6. The highest BCUT2D eigenvalue weighted by molar-refractivity contribution is 7.94. The van der Waals surface area contributed by atoms with Crippen LogP contribution in [0.3, 0.4) is 0 Å². The molecule has 0 aliphatic carbocycles. The van der Waals surface area contributed by atoms with Crippen molar-refractivity contribution < 1.29 is 13.2 Å². The lowest BCUT2D eigenvalue weighted by Gasteiger charge is -2.06. The minimum absolute atomic E-state index is 0.0956. The van der Waals surface area contributed by atoms with Crippen molar-refractivity contribution in [2.45, 2.75) is 11.3 Å². The van der Waals surface area contributed by atoms with Gasteiger partial charge in [-0.05, 0) is 18.2 Å². The standard InChI is InChI=1S/C10H10ClN5O3S2/c1-5(17)13-9-14-15-10(20-9)21(18,19)16-6-2-3-8(12)7(11)4-6/h2-4,16H,12H2,1H3,(H,13,14,17). The number of rotatable bonds is 4. The number of nitrogens with one attached hydrogen (secondary N) is 2. The summed E-state index contributed by atoms with van der Waals surface area (Å²) >= 11 is 6.55.